The minimum Gasteiger partial charge on any atom is -0.444 e. The molecule has 0 saturated heterocycles. The molecule has 2 unspecified atom stereocenters. The maximum absolute atomic E-state index is 11.8. The Morgan fingerprint density at radius 1 is 1.00 bits per heavy atom. The van der Waals surface area contributed by atoms with Crippen molar-refractivity contribution in [1.82, 2.24) is 10.6 Å². The highest BCUT2D eigenvalue weighted by Gasteiger charge is 2.29. The summed E-state index contributed by atoms with van der Waals surface area (Å²) in [5.41, 5.74) is 5.51. The Morgan fingerprint density at radius 3 is 2.19 bits per heavy atom. The molecule has 4 N–H and O–H groups in total. The van der Waals surface area contributed by atoms with Crippen molar-refractivity contribution in [1.29, 1.82) is 0 Å². The van der Waals surface area contributed by atoms with Crippen LogP contribution in [-0.2, 0) is 4.74 Å². The van der Waals surface area contributed by atoms with Gasteiger partial charge in [0, 0.05) is 24.2 Å². The van der Waals surface area contributed by atoms with Crippen LogP contribution in [-0.4, -0.2) is 35.9 Å². The number of ether oxygens (including phenoxy) is 1. The summed E-state index contributed by atoms with van der Waals surface area (Å²) >= 11 is 0. The summed E-state index contributed by atoms with van der Waals surface area (Å²) < 4.78 is 5.31. The second-order valence-corrected chi connectivity index (χ2v) is 7.63. The Bertz CT molecular complexity index is 346. The lowest BCUT2D eigenvalue weighted by Crippen LogP contribution is -2.43. The molecule has 2 saturated carbocycles. The third kappa shape index (κ3) is 5.83. The van der Waals surface area contributed by atoms with Crippen molar-refractivity contribution >= 4 is 6.09 Å². The summed E-state index contributed by atoms with van der Waals surface area (Å²) in [5.74, 6) is 0. The Balaban J connectivity index is 1.67. The molecule has 0 bridgehead atoms. The smallest absolute Gasteiger partial charge is 0.407 e. The summed E-state index contributed by atoms with van der Waals surface area (Å²) in [6, 6.07) is 1.76. The van der Waals surface area contributed by atoms with E-state index >= 15 is 0 Å². The van der Waals surface area contributed by atoms with E-state index in [9.17, 15) is 4.79 Å². The summed E-state index contributed by atoms with van der Waals surface area (Å²) in [7, 11) is 0. The number of nitrogens with one attached hydrogen (secondary N) is 2. The zero-order valence-electron chi connectivity index (χ0n) is 13.7. The molecule has 2 aliphatic rings. The van der Waals surface area contributed by atoms with Crippen molar-refractivity contribution < 1.29 is 9.53 Å². The maximum Gasteiger partial charge on any atom is 0.407 e. The molecule has 0 aromatic carbocycles. The SMILES string of the molecule is CC(C)(C)OC(=O)NC1CCC(NC2CCC(N)CC2)C1. The number of hydrogen-bond acceptors (Lipinski definition) is 4. The van der Waals surface area contributed by atoms with Gasteiger partial charge in [-0.15, -0.1) is 0 Å². The van der Waals surface area contributed by atoms with E-state index in [2.05, 4.69) is 10.6 Å². The van der Waals surface area contributed by atoms with Crippen LogP contribution in [0.3, 0.4) is 0 Å². The molecular weight excluding hydrogens is 266 g/mol. The highest BCUT2D eigenvalue weighted by molar-refractivity contribution is 5.68. The first-order valence-corrected chi connectivity index (χ1v) is 8.33. The van der Waals surface area contributed by atoms with Crippen LogP contribution in [0.4, 0.5) is 4.79 Å². The average Bonchev–Trinajstić information content (AvgIpc) is 2.77. The van der Waals surface area contributed by atoms with Gasteiger partial charge in [0.1, 0.15) is 5.60 Å². The lowest BCUT2D eigenvalue weighted by molar-refractivity contribution is 0.0505. The van der Waals surface area contributed by atoms with Gasteiger partial charge in [0.25, 0.3) is 0 Å². The predicted molar refractivity (Wildman–Crippen MR) is 84.2 cm³/mol. The van der Waals surface area contributed by atoms with Gasteiger partial charge in [0.05, 0.1) is 0 Å². The molecule has 0 spiro atoms. The lowest BCUT2D eigenvalue weighted by Gasteiger charge is -2.29. The fourth-order valence-corrected chi connectivity index (χ4v) is 3.36. The van der Waals surface area contributed by atoms with E-state index in [0.717, 1.165) is 32.1 Å². The van der Waals surface area contributed by atoms with Crippen LogP contribution in [0, 0.1) is 0 Å². The van der Waals surface area contributed by atoms with E-state index in [0.29, 0.717) is 18.1 Å². The molecule has 122 valence electrons. The largest absolute Gasteiger partial charge is 0.444 e. The van der Waals surface area contributed by atoms with E-state index in [1.807, 2.05) is 20.8 Å². The van der Waals surface area contributed by atoms with Crippen LogP contribution in [0.25, 0.3) is 0 Å². The first-order valence-electron chi connectivity index (χ1n) is 8.33. The quantitative estimate of drug-likeness (QED) is 0.747. The lowest BCUT2D eigenvalue weighted by atomic mass is 9.91. The van der Waals surface area contributed by atoms with Gasteiger partial charge in [-0.25, -0.2) is 4.79 Å². The molecule has 2 aliphatic carbocycles. The van der Waals surface area contributed by atoms with Gasteiger partial charge in [-0.1, -0.05) is 0 Å². The van der Waals surface area contributed by atoms with Crippen LogP contribution in [0.5, 0.6) is 0 Å². The topological polar surface area (TPSA) is 76.4 Å². The monoisotopic (exact) mass is 297 g/mol. The van der Waals surface area contributed by atoms with Gasteiger partial charge in [-0.3, -0.25) is 0 Å². The summed E-state index contributed by atoms with van der Waals surface area (Å²) in [6.45, 7) is 5.66. The maximum atomic E-state index is 11.8. The fourth-order valence-electron chi connectivity index (χ4n) is 3.36. The van der Waals surface area contributed by atoms with Crippen LogP contribution >= 0.6 is 0 Å². The molecule has 21 heavy (non-hydrogen) atoms. The van der Waals surface area contributed by atoms with Crippen molar-refractivity contribution in [3.05, 3.63) is 0 Å². The molecule has 5 heteroatoms. The second kappa shape index (κ2) is 6.97. The van der Waals surface area contributed by atoms with Crippen LogP contribution < -0.4 is 16.4 Å². The molecular formula is C16H31N3O2. The van der Waals surface area contributed by atoms with Crippen molar-refractivity contribution in [2.75, 3.05) is 0 Å². The van der Waals surface area contributed by atoms with Crippen LogP contribution in [0.15, 0.2) is 0 Å². The van der Waals surface area contributed by atoms with Crippen molar-refractivity contribution in [2.45, 2.75) is 95.5 Å². The third-order valence-electron chi connectivity index (χ3n) is 4.40. The van der Waals surface area contributed by atoms with Gasteiger partial charge in [0.2, 0.25) is 0 Å². The number of carbonyl (C=O) groups excluding carboxylic acids is 1. The zero-order valence-corrected chi connectivity index (χ0v) is 13.7. The minimum absolute atomic E-state index is 0.239. The minimum atomic E-state index is -0.429. The van der Waals surface area contributed by atoms with E-state index in [4.69, 9.17) is 10.5 Å². The van der Waals surface area contributed by atoms with E-state index < -0.39 is 5.60 Å². The second-order valence-electron chi connectivity index (χ2n) is 7.63. The molecule has 0 aliphatic heterocycles. The van der Waals surface area contributed by atoms with Crippen molar-refractivity contribution in [3.63, 3.8) is 0 Å². The van der Waals surface area contributed by atoms with E-state index in [1.54, 1.807) is 0 Å². The number of nitrogens with two attached hydrogens (primary N) is 1. The Kier molecular flexibility index (Phi) is 5.49. The zero-order chi connectivity index (χ0) is 15.5. The molecule has 1 amide bonds. The molecule has 0 radical (unpaired) electrons. The Hall–Kier alpha value is -0.810. The first kappa shape index (κ1) is 16.6. The van der Waals surface area contributed by atoms with Crippen molar-refractivity contribution in [2.24, 2.45) is 5.73 Å². The van der Waals surface area contributed by atoms with Crippen LogP contribution in [0.2, 0.25) is 0 Å². The predicted octanol–water partition coefficient (Wildman–Crippen LogP) is 2.29. The highest BCUT2D eigenvalue weighted by atomic mass is 16.6. The Labute approximate surface area is 128 Å². The van der Waals surface area contributed by atoms with Crippen molar-refractivity contribution in [3.8, 4) is 0 Å². The van der Waals surface area contributed by atoms with E-state index in [1.165, 1.54) is 12.8 Å². The standard InChI is InChI=1S/C16H31N3O2/c1-16(2,3)21-15(20)19-14-9-8-13(10-14)18-12-6-4-11(17)5-7-12/h11-14,18H,4-10,17H2,1-3H3,(H,19,20). The summed E-state index contributed by atoms with van der Waals surface area (Å²) in [6.07, 6.45) is 7.49. The fraction of sp³-hybridized carbons (Fsp3) is 0.938. The van der Waals surface area contributed by atoms with Gasteiger partial charge in [-0.2, -0.15) is 0 Å². The molecule has 2 rings (SSSR count). The highest BCUT2D eigenvalue weighted by Crippen LogP contribution is 2.24. The number of amides is 1. The molecule has 0 heterocycles. The number of carbonyl (C=O) groups is 1. The van der Waals surface area contributed by atoms with Gasteiger partial charge in [-0.05, 0) is 65.7 Å². The van der Waals surface area contributed by atoms with Gasteiger partial charge in [0.15, 0.2) is 0 Å². The molecule has 0 aromatic heterocycles. The van der Waals surface area contributed by atoms with Crippen LogP contribution in [0.1, 0.15) is 65.7 Å². The van der Waals surface area contributed by atoms with Gasteiger partial charge >= 0.3 is 6.09 Å². The summed E-state index contributed by atoms with van der Waals surface area (Å²) in [5, 5.41) is 6.73. The molecule has 2 fully saturated rings. The molecule has 2 atom stereocenters. The molecule has 5 nitrogen and oxygen atoms in total. The Morgan fingerprint density at radius 2 is 1.57 bits per heavy atom. The summed E-state index contributed by atoms with van der Waals surface area (Å²) in [4.78, 5) is 11.8. The number of rotatable bonds is 3. The van der Waals surface area contributed by atoms with E-state index in [-0.39, 0.29) is 12.1 Å². The normalized spacial score (nSPS) is 33.7. The number of hydrogen-bond donors (Lipinski definition) is 3. The first-order chi connectivity index (χ1) is 9.82. The molecule has 0 aromatic rings. The van der Waals surface area contributed by atoms with Gasteiger partial charge < -0.3 is 21.1 Å². The third-order valence-corrected chi connectivity index (χ3v) is 4.40. The number of alkyl carbamates (subject to hydrolysis) is 1. The average molecular weight is 297 g/mol.